The maximum Gasteiger partial charge on any atom is 0.333 e. The highest BCUT2D eigenvalue weighted by molar-refractivity contribution is 5.81. The van der Waals surface area contributed by atoms with Gasteiger partial charge in [0.1, 0.15) is 0 Å². The first-order chi connectivity index (χ1) is 6.74. The van der Waals surface area contributed by atoms with Crippen molar-refractivity contribution >= 4 is 5.97 Å². The molecule has 0 aliphatic carbocycles. The molecule has 0 heterocycles. The van der Waals surface area contributed by atoms with Gasteiger partial charge >= 0.3 is 5.97 Å². The van der Waals surface area contributed by atoms with E-state index >= 15 is 0 Å². The van der Waals surface area contributed by atoms with E-state index < -0.39 is 5.97 Å². The summed E-state index contributed by atoms with van der Waals surface area (Å²) in [5.41, 5.74) is 0. The molecule has 0 N–H and O–H groups in total. The van der Waals surface area contributed by atoms with Crippen LogP contribution in [0.5, 0.6) is 0 Å². The summed E-state index contributed by atoms with van der Waals surface area (Å²) >= 11 is 0. The Labute approximate surface area is 85.4 Å². The minimum absolute atomic E-state index is 0.147. The number of hydrogen-bond donors (Lipinski definition) is 0. The zero-order valence-electron chi connectivity index (χ0n) is 8.86. The molecule has 3 heteroatoms. The third kappa shape index (κ3) is 6.29. The van der Waals surface area contributed by atoms with Crippen LogP contribution >= 0.6 is 0 Å². The highest BCUT2D eigenvalue weighted by atomic mass is 16.5. The number of rotatable bonds is 7. The number of esters is 1. The van der Waals surface area contributed by atoms with Gasteiger partial charge in [0.15, 0.2) is 0 Å². The van der Waals surface area contributed by atoms with Crippen molar-refractivity contribution < 1.29 is 14.3 Å². The monoisotopic (exact) mass is 198 g/mol. The summed E-state index contributed by atoms with van der Waals surface area (Å²) < 4.78 is 9.76. The van der Waals surface area contributed by atoms with Crippen LogP contribution in [-0.4, -0.2) is 19.2 Å². The first-order valence-electron chi connectivity index (χ1n) is 4.75. The Balaban J connectivity index is 3.76. The van der Waals surface area contributed by atoms with Crippen molar-refractivity contribution in [1.82, 2.24) is 0 Å². The minimum Gasteiger partial charge on any atom is -0.498 e. The van der Waals surface area contributed by atoms with E-state index in [1.54, 1.807) is 0 Å². The van der Waals surface area contributed by atoms with E-state index in [1.807, 2.05) is 13.0 Å². The number of hydrogen-bond acceptors (Lipinski definition) is 3. The SMILES string of the molecule is C=CCC[C@H](CC)O/C=C/C(=O)OC. The molecule has 0 aliphatic rings. The predicted octanol–water partition coefficient (Wildman–Crippen LogP) is 2.43. The first kappa shape index (κ1) is 12.8. The third-order valence-electron chi connectivity index (χ3n) is 1.82. The molecule has 0 radical (unpaired) electrons. The van der Waals surface area contributed by atoms with Crippen molar-refractivity contribution in [2.24, 2.45) is 0 Å². The van der Waals surface area contributed by atoms with E-state index in [4.69, 9.17) is 4.74 Å². The zero-order valence-corrected chi connectivity index (χ0v) is 8.86. The number of allylic oxidation sites excluding steroid dienone is 1. The van der Waals surface area contributed by atoms with Crippen LogP contribution in [0.1, 0.15) is 26.2 Å². The van der Waals surface area contributed by atoms with Crippen LogP contribution in [0.3, 0.4) is 0 Å². The molecule has 0 aromatic carbocycles. The molecule has 14 heavy (non-hydrogen) atoms. The van der Waals surface area contributed by atoms with Gasteiger partial charge in [-0.15, -0.1) is 6.58 Å². The Hall–Kier alpha value is -1.25. The highest BCUT2D eigenvalue weighted by Crippen LogP contribution is 2.07. The number of methoxy groups -OCH3 is 1. The summed E-state index contributed by atoms with van der Waals surface area (Å²) in [7, 11) is 1.34. The third-order valence-corrected chi connectivity index (χ3v) is 1.82. The van der Waals surface area contributed by atoms with Gasteiger partial charge in [0.05, 0.1) is 25.6 Å². The molecule has 0 unspecified atom stereocenters. The number of carbonyl (C=O) groups is 1. The molecule has 0 saturated heterocycles. The van der Waals surface area contributed by atoms with Gasteiger partial charge in [0, 0.05) is 0 Å². The Morgan fingerprint density at radius 2 is 2.29 bits per heavy atom. The topological polar surface area (TPSA) is 35.5 Å². The summed E-state index contributed by atoms with van der Waals surface area (Å²) in [5, 5.41) is 0. The lowest BCUT2D eigenvalue weighted by Crippen LogP contribution is -2.07. The van der Waals surface area contributed by atoms with Crippen molar-refractivity contribution in [2.45, 2.75) is 32.3 Å². The minimum atomic E-state index is -0.399. The van der Waals surface area contributed by atoms with Crippen LogP contribution in [0.25, 0.3) is 0 Å². The van der Waals surface area contributed by atoms with Gasteiger partial charge in [0.2, 0.25) is 0 Å². The van der Waals surface area contributed by atoms with E-state index in [0.717, 1.165) is 19.3 Å². The predicted molar refractivity (Wildman–Crippen MR) is 55.8 cm³/mol. The maximum atomic E-state index is 10.7. The standard InChI is InChI=1S/C11H18O3/c1-4-6-7-10(5-2)14-9-8-11(12)13-3/h4,8-10H,1,5-7H2,2-3H3/b9-8+/t10-/m0/s1. The molecule has 1 atom stereocenters. The van der Waals surface area contributed by atoms with Gasteiger partial charge < -0.3 is 9.47 Å². The molecule has 0 bridgehead atoms. The van der Waals surface area contributed by atoms with Crippen LogP contribution in [0.2, 0.25) is 0 Å². The van der Waals surface area contributed by atoms with Gasteiger partial charge in [-0.2, -0.15) is 0 Å². The molecule has 0 aromatic heterocycles. The van der Waals surface area contributed by atoms with E-state index in [2.05, 4.69) is 11.3 Å². The average molecular weight is 198 g/mol. The molecule has 0 aliphatic heterocycles. The molecule has 0 fully saturated rings. The molecular formula is C11H18O3. The smallest absolute Gasteiger partial charge is 0.333 e. The zero-order chi connectivity index (χ0) is 10.8. The van der Waals surface area contributed by atoms with E-state index in [-0.39, 0.29) is 6.10 Å². The van der Waals surface area contributed by atoms with Gasteiger partial charge in [-0.1, -0.05) is 13.0 Å². The second-order valence-corrected chi connectivity index (χ2v) is 2.86. The molecule has 0 amide bonds. The highest BCUT2D eigenvalue weighted by Gasteiger charge is 2.03. The summed E-state index contributed by atoms with van der Waals surface area (Å²) in [6.45, 7) is 5.68. The summed E-state index contributed by atoms with van der Waals surface area (Å²) in [6, 6.07) is 0. The van der Waals surface area contributed by atoms with Gasteiger partial charge in [0.25, 0.3) is 0 Å². The lowest BCUT2D eigenvalue weighted by atomic mass is 10.1. The second kappa shape index (κ2) is 8.35. The van der Waals surface area contributed by atoms with Crippen molar-refractivity contribution in [1.29, 1.82) is 0 Å². The Bertz CT molecular complexity index is 197. The fourth-order valence-electron chi connectivity index (χ4n) is 0.946. The molecule has 80 valence electrons. The van der Waals surface area contributed by atoms with E-state index in [1.165, 1.54) is 19.4 Å². The van der Waals surface area contributed by atoms with E-state index in [9.17, 15) is 4.79 Å². The number of ether oxygens (including phenoxy) is 2. The van der Waals surface area contributed by atoms with Crippen molar-refractivity contribution in [2.75, 3.05) is 7.11 Å². The summed E-state index contributed by atoms with van der Waals surface area (Å²) in [6.07, 6.45) is 7.43. The largest absolute Gasteiger partial charge is 0.498 e. The fraction of sp³-hybridized carbons (Fsp3) is 0.545. The van der Waals surface area contributed by atoms with Crippen LogP contribution in [0.4, 0.5) is 0 Å². The van der Waals surface area contributed by atoms with Gasteiger partial charge in [-0.25, -0.2) is 4.79 Å². The van der Waals surface area contributed by atoms with Crippen LogP contribution in [-0.2, 0) is 14.3 Å². The van der Waals surface area contributed by atoms with Crippen LogP contribution in [0.15, 0.2) is 25.0 Å². The Kier molecular flexibility index (Phi) is 7.61. The first-order valence-corrected chi connectivity index (χ1v) is 4.75. The van der Waals surface area contributed by atoms with Crippen LogP contribution in [0, 0.1) is 0 Å². The molecular weight excluding hydrogens is 180 g/mol. The normalized spacial score (nSPS) is 12.4. The molecule has 0 rings (SSSR count). The van der Waals surface area contributed by atoms with Crippen LogP contribution < -0.4 is 0 Å². The lowest BCUT2D eigenvalue weighted by Gasteiger charge is -2.12. The maximum absolute atomic E-state index is 10.7. The Morgan fingerprint density at radius 3 is 2.79 bits per heavy atom. The second-order valence-electron chi connectivity index (χ2n) is 2.86. The molecule has 0 aromatic rings. The van der Waals surface area contributed by atoms with Gasteiger partial charge in [-0.05, 0) is 19.3 Å². The van der Waals surface area contributed by atoms with Crippen molar-refractivity contribution in [3.8, 4) is 0 Å². The van der Waals surface area contributed by atoms with Crippen molar-refractivity contribution in [3.63, 3.8) is 0 Å². The van der Waals surface area contributed by atoms with E-state index in [0.29, 0.717) is 0 Å². The van der Waals surface area contributed by atoms with Gasteiger partial charge in [-0.3, -0.25) is 0 Å². The summed E-state index contributed by atoms with van der Waals surface area (Å²) in [4.78, 5) is 10.7. The fourth-order valence-corrected chi connectivity index (χ4v) is 0.946. The molecule has 0 spiro atoms. The lowest BCUT2D eigenvalue weighted by molar-refractivity contribution is -0.135. The average Bonchev–Trinajstić information content (AvgIpc) is 2.22. The van der Waals surface area contributed by atoms with Crippen molar-refractivity contribution in [3.05, 3.63) is 25.0 Å². The summed E-state index contributed by atoms with van der Waals surface area (Å²) in [5.74, 6) is -0.399. The number of carbonyl (C=O) groups excluding carboxylic acids is 1. The Morgan fingerprint density at radius 1 is 1.57 bits per heavy atom. The molecule has 3 nitrogen and oxygen atoms in total. The molecule has 0 saturated carbocycles. The quantitative estimate of drug-likeness (QED) is 0.273.